The van der Waals surface area contributed by atoms with Crippen LogP contribution in [0.15, 0.2) is 170 Å². The van der Waals surface area contributed by atoms with Gasteiger partial charge in [0.2, 0.25) is 0 Å². The molecule has 0 saturated heterocycles. The normalized spacial score (nSPS) is 20.5. The zero-order chi connectivity index (χ0) is 31.0. The van der Waals surface area contributed by atoms with Crippen molar-refractivity contribution in [1.29, 1.82) is 0 Å². The number of hydrogen-bond acceptors (Lipinski definition) is 0. The van der Waals surface area contributed by atoms with Crippen molar-refractivity contribution < 1.29 is 0 Å². The average molecular weight is 669 g/mol. The molecule has 0 bridgehead atoms. The molecule has 0 spiro atoms. The monoisotopic (exact) mass is 668 g/mol. The average Bonchev–Trinajstić information content (AvgIpc) is 3.13. The Morgan fingerprint density at radius 1 is 0.239 bits per heavy atom. The highest BCUT2D eigenvalue weighted by molar-refractivity contribution is 7.80. The first-order chi connectivity index (χ1) is 22.9. The summed E-state index contributed by atoms with van der Waals surface area (Å²) >= 11 is 0. The zero-order valence-corrected chi connectivity index (χ0v) is 29.8. The van der Waals surface area contributed by atoms with Crippen molar-refractivity contribution in [3.05, 3.63) is 170 Å². The lowest BCUT2D eigenvalue weighted by molar-refractivity contribution is 1.11. The summed E-state index contributed by atoms with van der Waals surface area (Å²) in [5.41, 5.74) is 0. The third-order valence-corrected chi connectivity index (χ3v) is 19.7. The van der Waals surface area contributed by atoms with Crippen LogP contribution in [0.4, 0.5) is 0 Å². The molecule has 4 unspecified atom stereocenters. The predicted molar refractivity (Wildman–Crippen MR) is 212 cm³/mol. The van der Waals surface area contributed by atoms with E-state index in [1.54, 1.807) is 21.2 Å². The van der Waals surface area contributed by atoms with Gasteiger partial charge in [-0.05, 0) is 112 Å². The molecule has 0 aliphatic carbocycles. The van der Waals surface area contributed by atoms with Crippen molar-refractivity contribution in [3.8, 4) is 0 Å². The SMILES string of the molecule is c1ccc(P2CCCP(c3ccccc3)c3ccccc3P(c3ccccc3)CCCP(c3ccccc3)c3ccccc32)cc1. The van der Waals surface area contributed by atoms with Crippen LogP contribution in [0.5, 0.6) is 0 Å². The number of fused-ring (bicyclic) bond motifs is 2. The first kappa shape index (κ1) is 31.6. The Morgan fingerprint density at radius 3 is 0.652 bits per heavy atom. The van der Waals surface area contributed by atoms with Crippen molar-refractivity contribution in [2.75, 3.05) is 24.6 Å². The topological polar surface area (TPSA) is 0 Å². The summed E-state index contributed by atoms with van der Waals surface area (Å²) in [6.45, 7) is 0. The van der Waals surface area contributed by atoms with Gasteiger partial charge in [0.25, 0.3) is 0 Å². The molecule has 0 aromatic heterocycles. The van der Waals surface area contributed by atoms with Crippen molar-refractivity contribution in [2.24, 2.45) is 0 Å². The Kier molecular flexibility index (Phi) is 10.8. The molecule has 0 N–H and O–H groups in total. The lowest BCUT2D eigenvalue weighted by Gasteiger charge is -2.30. The van der Waals surface area contributed by atoms with Gasteiger partial charge in [-0.1, -0.05) is 170 Å². The van der Waals surface area contributed by atoms with Crippen molar-refractivity contribution in [1.82, 2.24) is 0 Å². The number of rotatable bonds is 4. The largest absolute Gasteiger partial charge is 0.0622 e. The van der Waals surface area contributed by atoms with Crippen LogP contribution in [0.1, 0.15) is 12.8 Å². The molecule has 0 nitrogen and oxygen atoms in total. The van der Waals surface area contributed by atoms with E-state index >= 15 is 0 Å². The maximum atomic E-state index is 2.48. The van der Waals surface area contributed by atoms with Gasteiger partial charge in [-0.2, -0.15) is 0 Å². The highest BCUT2D eigenvalue weighted by atomic mass is 31.1. The second kappa shape index (κ2) is 15.8. The van der Waals surface area contributed by atoms with Crippen LogP contribution in [-0.2, 0) is 0 Å². The van der Waals surface area contributed by atoms with E-state index in [9.17, 15) is 0 Å². The number of benzene rings is 6. The first-order valence-electron chi connectivity index (χ1n) is 16.4. The van der Waals surface area contributed by atoms with E-state index in [1.165, 1.54) is 58.7 Å². The molecule has 1 aliphatic rings. The lowest BCUT2D eigenvalue weighted by Crippen LogP contribution is -2.32. The molecule has 228 valence electrons. The predicted octanol–water partition coefficient (Wildman–Crippen LogP) is 7.91. The van der Waals surface area contributed by atoms with Crippen LogP contribution in [-0.4, -0.2) is 24.6 Å². The van der Waals surface area contributed by atoms with Gasteiger partial charge >= 0.3 is 0 Å². The fourth-order valence-corrected chi connectivity index (χ4v) is 18.2. The van der Waals surface area contributed by atoms with E-state index in [2.05, 4.69) is 170 Å². The zero-order valence-electron chi connectivity index (χ0n) is 26.2. The van der Waals surface area contributed by atoms with E-state index in [4.69, 9.17) is 0 Å². The van der Waals surface area contributed by atoms with Crippen LogP contribution < -0.4 is 42.4 Å². The summed E-state index contributed by atoms with van der Waals surface area (Å²) in [6.07, 6.45) is 7.31. The standard InChI is InChI=1S/C42H40P4/c1-5-19-35(20-6-1)43-31-17-32-45(37-23-9-3-10-24-37)41-29-15-16-30-42(41)46(38-25-11-4-12-26-38)34-18-33-44(36-21-7-2-8-22-36)40-28-14-13-27-39(40)43/h1-16,19-30H,17-18,31-34H2. The number of hydrogen-bond donors (Lipinski definition) is 0. The van der Waals surface area contributed by atoms with Gasteiger partial charge in [0.05, 0.1) is 0 Å². The highest BCUT2D eigenvalue weighted by Crippen LogP contribution is 2.46. The molecule has 1 heterocycles. The molecular formula is C42H40P4. The van der Waals surface area contributed by atoms with Crippen molar-refractivity contribution in [2.45, 2.75) is 12.8 Å². The second-order valence-electron chi connectivity index (χ2n) is 11.6. The fourth-order valence-electron chi connectivity index (χ4n) is 6.60. The Morgan fingerprint density at radius 2 is 0.435 bits per heavy atom. The molecule has 4 heteroatoms. The Labute approximate surface area is 280 Å². The Balaban J connectivity index is 1.38. The minimum atomic E-state index is -0.478. The van der Waals surface area contributed by atoms with Gasteiger partial charge in [0, 0.05) is 0 Å². The first-order valence-corrected chi connectivity index (χ1v) is 22.5. The van der Waals surface area contributed by atoms with Gasteiger partial charge in [-0.3, -0.25) is 0 Å². The Bertz CT molecular complexity index is 1540. The van der Waals surface area contributed by atoms with Crippen LogP contribution in [0.25, 0.3) is 0 Å². The van der Waals surface area contributed by atoms with Crippen LogP contribution >= 0.6 is 31.7 Å². The molecule has 7 rings (SSSR count). The summed E-state index contributed by atoms with van der Waals surface area (Å²) in [5, 5.41) is 12.5. The lowest BCUT2D eigenvalue weighted by atomic mass is 10.4. The maximum absolute atomic E-state index is 2.48. The molecule has 0 saturated carbocycles. The van der Waals surface area contributed by atoms with Gasteiger partial charge in [-0.25, -0.2) is 0 Å². The van der Waals surface area contributed by atoms with Gasteiger partial charge in [-0.15, -0.1) is 0 Å². The van der Waals surface area contributed by atoms with Crippen LogP contribution in [0.3, 0.4) is 0 Å². The van der Waals surface area contributed by atoms with Gasteiger partial charge < -0.3 is 0 Å². The minimum absolute atomic E-state index is 0.478. The summed E-state index contributed by atoms with van der Waals surface area (Å²) < 4.78 is 0. The van der Waals surface area contributed by atoms with Crippen LogP contribution in [0.2, 0.25) is 0 Å². The molecule has 6 aromatic rings. The fraction of sp³-hybridized carbons (Fsp3) is 0.143. The quantitative estimate of drug-likeness (QED) is 0.168. The van der Waals surface area contributed by atoms with Crippen molar-refractivity contribution in [3.63, 3.8) is 0 Å². The van der Waals surface area contributed by atoms with Gasteiger partial charge in [0.15, 0.2) is 0 Å². The van der Waals surface area contributed by atoms with Gasteiger partial charge in [0.1, 0.15) is 0 Å². The third kappa shape index (κ3) is 7.28. The summed E-state index contributed by atoms with van der Waals surface area (Å²) in [7, 11) is -1.91. The summed E-state index contributed by atoms with van der Waals surface area (Å²) in [4.78, 5) is 0. The molecule has 4 atom stereocenters. The molecular weight excluding hydrogens is 628 g/mol. The maximum Gasteiger partial charge on any atom is -0.0115 e. The van der Waals surface area contributed by atoms with Crippen LogP contribution in [0, 0.1) is 0 Å². The highest BCUT2D eigenvalue weighted by Gasteiger charge is 2.27. The van der Waals surface area contributed by atoms with E-state index in [-0.39, 0.29) is 0 Å². The van der Waals surface area contributed by atoms with Crippen molar-refractivity contribution >= 4 is 74.1 Å². The second-order valence-corrected chi connectivity index (χ2v) is 20.8. The minimum Gasteiger partial charge on any atom is -0.0622 e. The van der Waals surface area contributed by atoms with E-state index in [1.807, 2.05) is 0 Å². The summed E-state index contributed by atoms with van der Waals surface area (Å²) in [6, 6.07) is 64.8. The summed E-state index contributed by atoms with van der Waals surface area (Å²) in [5.74, 6) is 0. The van der Waals surface area contributed by atoms with E-state index in [0.717, 1.165) is 0 Å². The Hall–Kier alpha value is -2.96. The van der Waals surface area contributed by atoms with E-state index in [0.29, 0.717) is 0 Å². The van der Waals surface area contributed by atoms with E-state index < -0.39 is 31.7 Å². The molecule has 46 heavy (non-hydrogen) atoms. The molecule has 6 aromatic carbocycles. The third-order valence-electron chi connectivity index (χ3n) is 8.72. The molecule has 1 aliphatic heterocycles. The molecule has 0 radical (unpaired) electrons. The smallest absolute Gasteiger partial charge is 0.0115 e. The molecule has 0 fully saturated rings. The molecule has 0 amide bonds.